The van der Waals surface area contributed by atoms with Crippen LogP contribution in [0.4, 0.5) is 5.69 Å². The average molecular weight is 406 g/mol. The summed E-state index contributed by atoms with van der Waals surface area (Å²) in [6.07, 6.45) is 2.05. The minimum atomic E-state index is -0.508. The summed E-state index contributed by atoms with van der Waals surface area (Å²) in [5.41, 5.74) is 1.89. The van der Waals surface area contributed by atoms with Gasteiger partial charge in [-0.15, -0.1) is 0 Å². The Morgan fingerprint density at radius 3 is 2.60 bits per heavy atom. The Labute approximate surface area is 155 Å². The molecule has 5 nitrogen and oxygen atoms in total. The molecular formula is C19H20BrNO4. The van der Waals surface area contributed by atoms with Crippen molar-refractivity contribution in [3.05, 3.63) is 58.1 Å². The van der Waals surface area contributed by atoms with Gasteiger partial charge >= 0.3 is 5.97 Å². The highest BCUT2D eigenvalue weighted by atomic mass is 79.9. The number of methoxy groups -OCH3 is 1. The molecule has 0 saturated carbocycles. The second-order valence-corrected chi connectivity index (χ2v) is 6.24. The number of halogens is 1. The van der Waals surface area contributed by atoms with E-state index in [-0.39, 0.29) is 12.5 Å². The molecule has 0 aliphatic rings. The van der Waals surface area contributed by atoms with Crippen molar-refractivity contribution in [2.45, 2.75) is 19.8 Å². The first-order valence-corrected chi connectivity index (χ1v) is 8.72. The second-order valence-electron chi connectivity index (χ2n) is 5.39. The monoisotopic (exact) mass is 405 g/mol. The van der Waals surface area contributed by atoms with Crippen LogP contribution in [0, 0.1) is 0 Å². The number of para-hydroxylation sites is 1. The zero-order chi connectivity index (χ0) is 18.2. The standard InChI is InChI=1S/C19H20BrNO4/c1-3-6-13-9-10-17(15(20)11-13)25-12-18(22)21-16-8-5-4-7-14(16)19(23)24-2/h4-5,7-11H,3,6,12H2,1-2H3,(H,21,22). The molecule has 0 unspecified atom stereocenters. The van der Waals surface area contributed by atoms with Crippen molar-refractivity contribution in [1.82, 2.24) is 0 Å². The minimum absolute atomic E-state index is 0.165. The lowest BCUT2D eigenvalue weighted by molar-refractivity contribution is -0.118. The number of rotatable bonds is 7. The van der Waals surface area contributed by atoms with Gasteiger partial charge in [-0.05, 0) is 52.2 Å². The summed E-state index contributed by atoms with van der Waals surface area (Å²) < 4.78 is 11.1. The SMILES string of the molecule is CCCc1ccc(OCC(=O)Nc2ccccc2C(=O)OC)c(Br)c1. The molecular weight excluding hydrogens is 386 g/mol. The number of ether oxygens (including phenoxy) is 2. The lowest BCUT2D eigenvalue weighted by Crippen LogP contribution is -2.21. The molecule has 0 aromatic heterocycles. The summed E-state index contributed by atoms with van der Waals surface area (Å²) in [5, 5.41) is 2.67. The molecule has 6 heteroatoms. The number of carbonyl (C=O) groups is 2. The lowest BCUT2D eigenvalue weighted by atomic mass is 10.1. The Morgan fingerprint density at radius 1 is 1.16 bits per heavy atom. The molecule has 2 aromatic rings. The quantitative estimate of drug-likeness (QED) is 0.700. The summed E-state index contributed by atoms with van der Waals surface area (Å²) in [5.74, 6) is -0.275. The summed E-state index contributed by atoms with van der Waals surface area (Å²) in [6.45, 7) is 1.95. The first-order valence-electron chi connectivity index (χ1n) is 7.93. The van der Waals surface area contributed by atoms with E-state index >= 15 is 0 Å². The summed E-state index contributed by atoms with van der Waals surface area (Å²) in [6, 6.07) is 12.5. The predicted molar refractivity (Wildman–Crippen MR) is 100 cm³/mol. The Kier molecular flexibility index (Phi) is 7.01. The number of aryl methyl sites for hydroxylation is 1. The van der Waals surface area contributed by atoms with Crippen LogP contribution >= 0.6 is 15.9 Å². The molecule has 0 fully saturated rings. The minimum Gasteiger partial charge on any atom is -0.483 e. The van der Waals surface area contributed by atoms with E-state index in [1.807, 2.05) is 18.2 Å². The number of benzene rings is 2. The number of anilines is 1. The molecule has 0 saturated heterocycles. The molecule has 1 N–H and O–H groups in total. The summed E-state index contributed by atoms with van der Waals surface area (Å²) in [4.78, 5) is 23.8. The molecule has 25 heavy (non-hydrogen) atoms. The van der Waals surface area contributed by atoms with E-state index < -0.39 is 5.97 Å². The van der Waals surface area contributed by atoms with Crippen molar-refractivity contribution in [2.75, 3.05) is 19.0 Å². The van der Waals surface area contributed by atoms with Crippen molar-refractivity contribution in [1.29, 1.82) is 0 Å². The van der Waals surface area contributed by atoms with Gasteiger partial charge in [0.15, 0.2) is 6.61 Å². The number of hydrogen-bond acceptors (Lipinski definition) is 4. The van der Waals surface area contributed by atoms with E-state index in [2.05, 4.69) is 28.2 Å². The van der Waals surface area contributed by atoms with Crippen molar-refractivity contribution in [3.8, 4) is 5.75 Å². The average Bonchev–Trinajstić information content (AvgIpc) is 2.61. The molecule has 0 spiro atoms. The van der Waals surface area contributed by atoms with Crippen LogP contribution in [0.3, 0.4) is 0 Å². The van der Waals surface area contributed by atoms with Gasteiger partial charge in [0.1, 0.15) is 5.75 Å². The third kappa shape index (κ3) is 5.32. The van der Waals surface area contributed by atoms with Gasteiger partial charge in [0.05, 0.1) is 22.8 Å². The van der Waals surface area contributed by atoms with Crippen LogP contribution in [0.25, 0.3) is 0 Å². The van der Waals surface area contributed by atoms with Crippen LogP contribution in [0.5, 0.6) is 5.75 Å². The molecule has 0 bridgehead atoms. The van der Waals surface area contributed by atoms with E-state index in [0.717, 1.165) is 17.3 Å². The summed E-state index contributed by atoms with van der Waals surface area (Å²) >= 11 is 3.46. The van der Waals surface area contributed by atoms with Crippen molar-refractivity contribution >= 4 is 33.5 Å². The number of carbonyl (C=O) groups excluding carboxylic acids is 2. The highest BCUT2D eigenvalue weighted by molar-refractivity contribution is 9.10. The van der Waals surface area contributed by atoms with E-state index in [1.165, 1.54) is 12.7 Å². The number of hydrogen-bond donors (Lipinski definition) is 1. The molecule has 2 rings (SSSR count). The molecule has 0 heterocycles. The van der Waals surface area contributed by atoms with Crippen molar-refractivity contribution in [3.63, 3.8) is 0 Å². The molecule has 132 valence electrons. The van der Waals surface area contributed by atoms with Crippen LogP contribution in [-0.4, -0.2) is 25.6 Å². The van der Waals surface area contributed by atoms with Gasteiger partial charge in [-0.1, -0.05) is 31.5 Å². The van der Waals surface area contributed by atoms with Gasteiger partial charge in [-0.2, -0.15) is 0 Å². The van der Waals surface area contributed by atoms with Gasteiger partial charge in [0.25, 0.3) is 5.91 Å². The molecule has 1 amide bonds. The zero-order valence-corrected chi connectivity index (χ0v) is 15.8. The molecule has 0 radical (unpaired) electrons. The van der Waals surface area contributed by atoms with E-state index in [1.54, 1.807) is 24.3 Å². The van der Waals surface area contributed by atoms with E-state index in [0.29, 0.717) is 17.0 Å². The Balaban J connectivity index is 1.99. The second kappa shape index (κ2) is 9.22. The normalized spacial score (nSPS) is 10.2. The molecule has 2 aromatic carbocycles. The third-order valence-corrected chi connectivity index (χ3v) is 4.12. The maximum Gasteiger partial charge on any atom is 0.339 e. The highest BCUT2D eigenvalue weighted by Crippen LogP contribution is 2.26. The summed E-state index contributed by atoms with van der Waals surface area (Å²) in [7, 11) is 1.30. The van der Waals surface area contributed by atoms with E-state index in [4.69, 9.17) is 9.47 Å². The fourth-order valence-corrected chi connectivity index (χ4v) is 2.86. The highest BCUT2D eigenvalue weighted by Gasteiger charge is 2.14. The van der Waals surface area contributed by atoms with Gasteiger partial charge < -0.3 is 14.8 Å². The van der Waals surface area contributed by atoms with Gasteiger partial charge in [-0.3, -0.25) is 4.79 Å². The Hall–Kier alpha value is -2.34. The Morgan fingerprint density at radius 2 is 1.92 bits per heavy atom. The predicted octanol–water partition coefficient (Wildman–Crippen LogP) is 4.21. The fraction of sp³-hybridized carbons (Fsp3) is 0.263. The topological polar surface area (TPSA) is 64.6 Å². The van der Waals surface area contributed by atoms with Crippen molar-refractivity contribution in [2.24, 2.45) is 0 Å². The first kappa shape index (κ1) is 19.0. The zero-order valence-electron chi connectivity index (χ0n) is 14.2. The van der Waals surface area contributed by atoms with Gasteiger partial charge in [0.2, 0.25) is 0 Å². The number of esters is 1. The lowest BCUT2D eigenvalue weighted by Gasteiger charge is -2.12. The van der Waals surface area contributed by atoms with E-state index in [9.17, 15) is 9.59 Å². The Bertz CT molecular complexity index is 761. The van der Waals surface area contributed by atoms with Crippen LogP contribution in [0.2, 0.25) is 0 Å². The van der Waals surface area contributed by atoms with Crippen LogP contribution < -0.4 is 10.1 Å². The first-order chi connectivity index (χ1) is 12.0. The van der Waals surface area contributed by atoms with Crippen LogP contribution in [0.15, 0.2) is 46.9 Å². The van der Waals surface area contributed by atoms with Gasteiger partial charge in [0, 0.05) is 0 Å². The number of nitrogens with one attached hydrogen (secondary N) is 1. The van der Waals surface area contributed by atoms with Crippen LogP contribution in [0.1, 0.15) is 29.3 Å². The van der Waals surface area contributed by atoms with Crippen LogP contribution in [-0.2, 0) is 16.0 Å². The maximum absolute atomic E-state index is 12.1. The largest absolute Gasteiger partial charge is 0.483 e. The third-order valence-electron chi connectivity index (χ3n) is 3.50. The fourth-order valence-electron chi connectivity index (χ4n) is 2.32. The van der Waals surface area contributed by atoms with Gasteiger partial charge in [-0.25, -0.2) is 4.79 Å². The smallest absolute Gasteiger partial charge is 0.339 e. The maximum atomic E-state index is 12.1. The molecule has 0 atom stereocenters. The number of amides is 1. The van der Waals surface area contributed by atoms with Crippen molar-refractivity contribution < 1.29 is 19.1 Å². The molecule has 0 aliphatic carbocycles. The molecule has 0 aliphatic heterocycles.